The maximum absolute atomic E-state index is 12.0. The van der Waals surface area contributed by atoms with Gasteiger partial charge < -0.3 is 10.0 Å². The van der Waals surface area contributed by atoms with Crippen LogP contribution in [0.25, 0.3) is 0 Å². The lowest BCUT2D eigenvalue weighted by molar-refractivity contribution is 0.0765. The second-order valence-electron chi connectivity index (χ2n) is 3.65. The van der Waals surface area contributed by atoms with Crippen molar-refractivity contribution in [3.63, 3.8) is 0 Å². The molecule has 0 fully saturated rings. The first-order chi connectivity index (χ1) is 7.60. The summed E-state index contributed by atoms with van der Waals surface area (Å²) >= 11 is 0. The Morgan fingerprint density at radius 1 is 1.50 bits per heavy atom. The third kappa shape index (κ3) is 2.76. The molecule has 88 valence electrons. The van der Waals surface area contributed by atoms with Crippen LogP contribution in [0.3, 0.4) is 0 Å². The van der Waals surface area contributed by atoms with E-state index in [1.807, 2.05) is 6.92 Å². The van der Waals surface area contributed by atoms with E-state index in [4.69, 9.17) is 5.11 Å². The van der Waals surface area contributed by atoms with Crippen LogP contribution in [0.1, 0.15) is 28.7 Å². The molecule has 0 saturated heterocycles. The SMILES string of the molecule is CCc1nnc(C)cc1C(=O)N(C)CCO. The first kappa shape index (κ1) is 12.6. The Bertz CT molecular complexity index is 379. The number of carbonyl (C=O) groups excluding carboxylic acids is 1. The molecule has 0 radical (unpaired) electrons. The molecule has 1 heterocycles. The van der Waals surface area contributed by atoms with Gasteiger partial charge in [-0.05, 0) is 19.4 Å². The molecule has 1 aromatic rings. The molecule has 0 saturated carbocycles. The number of aliphatic hydroxyl groups excluding tert-OH is 1. The van der Waals surface area contributed by atoms with E-state index in [1.54, 1.807) is 20.0 Å². The lowest BCUT2D eigenvalue weighted by atomic mass is 10.1. The van der Waals surface area contributed by atoms with Gasteiger partial charge in [0, 0.05) is 13.6 Å². The topological polar surface area (TPSA) is 66.3 Å². The van der Waals surface area contributed by atoms with Gasteiger partial charge in [-0.3, -0.25) is 4.79 Å². The zero-order valence-electron chi connectivity index (χ0n) is 9.90. The van der Waals surface area contributed by atoms with Crippen LogP contribution in [0.4, 0.5) is 0 Å². The summed E-state index contributed by atoms with van der Waals surface area (Å²) in [5, 5.41) is 16.7. The predicted molar refractivity (Wildman–Crippen MR) is 60.2 cm³/mol. The van der Waals surface area contributed by atoms with Gasteiger partial charge in [-0.1, -0.05) is 6.92 Å². The lowest BCUT2D eigenvalue weighted by Gasteiger charge is -2.17. The first-order valence-electron chi connectivity index (χ1n) is 5.29. The molecule has 1 amide bonds. The Morgan fingerprint density at radius 2 is 2.19 bits per heavy atom. The predicted octanol–water partition coefficient (Wildman–Crippen LogP) is 0.412. The minimum Gasteiger partial charge on any atom is -0.395 e. The molecule has 1 rings (SSSR count). The molecule has 0 unspecified atom stereocenters. The number of aromatic nitrogens is 2. The zero-order chi connectivity index (χ0) is 12.1. The maximum atomic E-state index is 12.0. The molecule has 0 aliphatic carbocycles. The number of rotatable bonds is 4. The fourth-order valence-electron chi connectivity index (χ4n) is 1.42. The van der Waals surface area contributed by atoms with Gasteiger partial charge >= 0.3 is 0 Å². The standard InChI is InChI=1S/C11H17N3O2/c1-4-10-9(7-8(2)12-13-10)11(16)14(3)5-6-15/h7,15H,4-6H2,1-3H3. The van der Waals surface area contributed by atoms with Crippen LogP contribution in [0.5, 0.6) is 0 Å². The van der Waals surface area contributed by atoms with E-state index in [-0.39, 0.29) is 12.5 Å². The van der Waals surface area contributed by atoms with Crippen molar-refractivity contribution in [2.75, 3.05) is 20.2 Å². The van der Waals surface area contributed by atoms with Gasteiger partial charge in [0.05, 0.1) is 23.6 Å². The largest absolute Gasteiger partial charge is 0.395 e. The first-order valence-corrected chi connectivity index (χ1v) is 5.29. The fraction of sp³-hybridized carbons (Fsp3) is 0.545. The molecule has 0 bridgehead atoms. The number of hydrogen-bond acceptors (Lipinski definition) is 4. The summed E-state index contributed by atoms with van der Waals surface area (Å²) < 4.78 is 0. The van der Waals surface area contributed by atoms with Gasteiger partial charge in [0.1, 0.15) is 0 Å². The number of aryl methyl sites for hydroxylation is 2. The van der Waals surface area contributed by atoms with Crippen molar-refractivity contribution >= 4 is 5.91 Å². The second kappa shape index (κ2) is 5.55. The van der Waals surface area contributed by atoms with E-state index < -0.39 is 0 Å². The lowest BCUT2D eigenvalue weighted by Crippen LogP contribution is -2.30. The molecular formula is C11H17N3O2. The van der Waals surface area contributed by atoms with E-state index in [0.717, 1.165) is 5.69 Å². The zero-order valence-corrected chi connectivity index (χ0v) is 9.90. The molecule has 0 spiro atoms. The molecular weight excluding hydrogens is 206 g/mol. The van der Waals surface area contributed by atoms with E-state index in [2.05, 4.69) is 10.2 Å². The Labute approximate surface area is 95.1 Å². The summed E-state index contributed by atoms with van der Waals surface area (Å²) in [5.41, 5.74) is 1.99. The van der Waals surface area contributed by atoms with Gasteiger partial charge in [-0.25, -0.2) is 0 Å². The summed E-state index contributed by atoms with van der Waals surface area (Å²) in [4.78, 5) is 13.5. The van der Waals surface area contributed by atoms with Crippen LogP contribution in [-0.2, 0) is 6.42 Å². The molecule has 0 aromatic carbocycles. The van der Waals surface area contributed by atoms with Crippen LogP contribution in [-0.4, -0.2) is 46.3 Å². The van der Waals surface area contributed by atoms with Gasteiger partial charge in [-0.15, -0.1) is 0 Å². The number of hydrogen-bond donors (Lipinski definition) is 1. The van der Waals surface area contributed by atoms with Crippen molar-refractivity contribution in [3.8, 4) is 0 Å². The minimum atomic E-state index is -0.121. The third-order valence-corrected chi connectivity index (χ3v) is 2.34. The normalized spacial score (nSPS) is 10.2. The smallest absolute Gasteiger partial charge is 0.255 e. The summed E-state index contributed by atoms with van der Waals surface area (Å²) in [6.45, 7) is 4.02. The monoisotopic (exact) mass is 223 g/mol. The number of aliphatic hydroxyl groups is 1. The number of carbonyl (C=O) groups is 1. The average molecular weight is 223 g/mol. The highest BCUT2D eigenvalue weighted by Gasteiger charge is 2.16. The van der Waals surface area contributed by atoms with Gasteiger partial charge in [0.2, 0.25) is 0 Å². The van der Waals surface area contributed by atoms with E-state index >= 15 is 0 Å². The highest BCUT2D eigenvalue weighted by molar-refractivity contribution is 5.95. The summed E-state index contributed by atoms with van der Waals surface area (Å²) in [6, 6.07) is 1.74. The quantitative estimate of drug-likeness (QED) is 0.803. The van der Waals surface area contributed by atoms with E-state index in [9.17, 15) is 4.79 Å². The van der Waals surface area contributed by atoms with Crippen molar-refractivity contribution in [1.29, 1.82) is 0 Å². The van der Waals surface area contributed by atoms with Crippen molar-refractivity contribution < 1.29 is 9.90 Å². The summed E-state index contributed by atoms with van der Waals surface area (Å²) in [5.74, 6) is -0.121. The van der Waals surface area contributed by atoms with E-state index in [0.29, 0.717) is 24.2 Å². The van der Waals surface area contributed by atoms with Crippen molar-refractivity contribution in [3.05, 3.63) is 23.0 Å². The summed E-state index contributed by atoms with van der Waals surface area (Å²) in [6.07, 6.45) is 0.668. The average Bonchev–Trinajstić information content (AvgIpc) is 2.28. The van der Waals surface area contributed by atoms with Crippen LogP contribution < -0.4 is 0 Å². The molecule has 5 heteroatoms. The number of amides is 1. The fourth-order valence-corrected chi connectivity index (χ4v) is 1.42. The highest BCUT2D eigenvalue weighted by atomic mass is 16.3. The van der Waals surface area contributed by atoms with Gasteiger partial charge in [0.15, 0.2) is 0 Å². The second-order valence-corrected chi connectivity index (χ2v) is 3.65. The van der Waals surface area contributed by atoms with Crippen LogP contribution in [0, 0.1) is 6.92 Å². The Hall–Kier alpha value is -1.49. The van der Waals surface area contributed by atoms with Crippen LogP contribution >= 0.6 is 0 Å². The Balaban J connectivity index is 3.01. The van der Waals surface area contributed by atoms with Crippen LogP contribution in [0.15, 0.2) is 6.07 Å². The molecule has 1 N–H and O–H groups in total. The molecule has 5 nitrogen and oxygen atoms in total. The van der Waals surface area contributed by atoms with Crippen LogP contribution in [0.2, 0.25) is 0 Å². The number of likely N-dealkylation sites (N-methyl/N-ethyl adjacent to an activating group) is 1. The van der Waals surface area contributed by atoms with Crippen molar-refractivity contribution in [2.24, 2.45) is 0 Å². The van der Waals surface area contributed by atoms with Crippen molar-refractivity contribution in [1.82, 2.24) is 15.1 Å². The summed E-state index contributed by atoms with van der Waals surface area (Å²) in [7, 11) is 1.66. The molecule has 0 aliphatic heterocycles. The minimum absolute atomic E-state index is 0.0405. The van der Waals surface area contributed by atoms with Crippen molar-refractivity contribution in [2.45, 2.75) is 20.3 Å². The molecule has 0 aliphatic rings. The maximum Gasteiger partial charge on any atom is 0.255 e. The molecule has 16 heavy (non-hydrogen) atoms. The highest BCUT2D eigenvalue weighted by Crippen LogP contribution is 2.10. The molecule has 1 aromatic heterocycles. The van der Waals surface area contributed by atoms with Gasteiger partial charge in [-0.2, -0.15) is 10.2 Å². The number of nitrogens with zero attached hydrogens (tertiary/aromatic N) is 3. The van der Waals surface area contributed by atoms with E-state index in [1.165, 1.54) is 4.90 Å². The Kier molecular flexibility index (Phi) is 4.37. The third-order valence-electron chi connectivity index (χ3n) is 2.34. The molecule has 0 atom stereocenters. The Morgan fingerprint density at radius 3 is 2.75 bits per heavy atom. The van der Waals surface area contributed by atoms with Gasteiger partial charge in [0.25, 0.3) is 5.91 Å².